The normalized spacial score (nSPS) is 29.5. The van der Waals surface area contributed by atoms with Crippen molar-refractivity contribution in [1.29, 1.82) is 0 Å². The second kappa shape index (κ2) is 6.34. The molecule has 2 aliphatic carbocycles. The van der Waals surface area contributed by atoms with Gasteiger partial charge in [-0.3, -0.25) is 9.59 Å². The smallest absolute Gasteiger partial charge is 0.306 e. The molecule has 4 atom stereocenters. The van der Waals surface area contributed by atoms with Crippen molar-refractivity contribution in [3.8, 4) is 0 Å². The van der Waals surface area contributed by atoms with Crippen molar-refractivity contribution in [2.24, 2.45) is 11.8 Å². The molecular weight excluding hydrogens is 290 g/mol. The van der Waals surface area contributed by atoms with Gasteiger partial charge in [-0.25, -0.2) is 0 Å². The molecule has 0 aliphatic heterocycles. The molecule has 23 heavy (non-hydrogen) atoms. The Morgan fingerprint density at radius 2 is 1.83 bits per heavy atom. The van der Waals surface area contributed by atoms with Gasteiger partial charge in [0.25, 0.3) is 0 Å². The van der Waals surface area contributed by atoms with Crippen molar-refractivity contribution in [1.82, 2.24) is 5.32 Å². The van der Waals surface area contributed by atoms with Crippen molar-refractivity contribution < 1.29 is 14.7 Å². The summed E-state index contributed by atoms with van der Waals surface area (Å²) in [6.07, 6.45) is 2.93. The lowest BCUT2D eigenvalue weighted by Gasteiger charge is -2.12. The summed E-state index contributed by atoms with van der Waals surface area (Å²) in [5.41, 5.74) is 2.56. The van der Waals surface area contributed by atoms with E-state index in [9.17, 15) is 9.59 Å². The Morgan fingerprint density at radius 1 is 1.13 bits per heavy atom. The lowest BCUT2D eigenvalue weighted by Crippen LogP contribution is -2.34. The van der Waals surface area contributed by atoms with E-state index in [1.165, 1.54) is 11.1 Å². The molecule has 0 radical (unpaired) electrons. The maximum absolute atomic E-state index is 12.3. The van der Waals surface area contributed by atoms with Gasteiger partial charge >= 0.3 is 5.97 Å². The number of hydrogen-bond acceptors (Lipinski definition) is 2. The highest BCUT2D eigenvalue weighted by Gasteiger charge is 2.45. The third-order valence-corrected chi connectivity index (χ3v) is 5.29. The standard InChI is InChI=1S/C19H25NO3/c1-11(2)12-3-5-13(6-4-12)16-10-17(16)18(21)20-15-8-7-14(9-15)19(22)23/h3-6,11,14-17H,7-10H2,1-2H3,(H,20,21)(H,22,23)/t14-,15+,16?,17?/m0/s1. The van der Waals surface area contributed by atoms with Gasteiger partial charge in [0, 0.05) is 12.0 Å². The minimum Gasteiger partial charge on any atom is -0.481 e. The van der Waals surface area contributed by atoms with Crippen LogP contribution in [0, 0.1) is 11.8 Å². The summed E-state index contributed by atoms with van der Waals surface area (Å²) in [5.74, 6) is -0.0299. The van der Waals surface area contributed by atoms with Crippen LogP contribution in [0.4, 0.5) is 0 Å². The first-order valence-electron chi connectivity index (χ1n) is 8.58. The molecule has 2 N–H and O–H groups in total. The summed E-state index contributed by atoms with van der Waals surface area (Å²) >= 11 is 0. The number of carboxylic acids is 1. The van der Waals surface area contributed by atoms with E-state index in [-0.39, 0.29) is 23.8 Å². The van der Waals surface area contributed by atoms with Crippen LogP contribution in [0.2, 0.25) is 0 Å². The number of rotatable bonds is 5. The fourth-order valence-electron chi connectivity index (χ4n) is 3.63. The zero-order chi connectivity index (χ0) is 16.6. The van der Waals surface area contributed by atoms with E-state index in [4.69, 9.17) is 5.11 Å². The lowest BCUT2D eigenvalue weighted by atomic mass is 10.00. The largest absolute Gasteiger partial charge is 0.481 e. The predicted molar refractivity (Wildman–Crippen MR) is 88.3 cm³/mol. The number of carbonyl (C=O) groups is 2. The van der Waals surface area contributed by atoms with Crippen LogP contribution in [0.15, 0.2) is 24.3 Å². The molecule has 0 heterocycles. The number of hydrogen-bond donors (Lipinski definition) is 2. The molecule has 2 saturated carbocycles. The minimum absolute atomic E-state index is 0.0353. The molecule has 0 saturated heterocycles. The van der Waals surface area contributed by atoms with E-state index in [1.807, 2.05) is 0 Å². The first-order valence-corrected chi connectivity index (χ1v) is 8.58. The number of benzene rings is 1. The van der Waals surface area contributed by atoms with Crippen molar-refractivity contribution in [3.05, 3.63) is 35.4 Å². The van der Waals surface area contributed by atoms with E-state index in [2.05, 4.69) is 43.4 Å². The molecule has 124 valence electrons. The van der Waals surface area contributed by atoms with Gasteiger partial charge in [-0.1, -0.05) is 38.1 Å². The van der Waals surface area contributed by atoms with Crippen LogP contribution in [0.5, 0.6) is 0 Å². The molecule has 1 amide bonds. The first kappa shape index (κ1) is 16.0. The molecule has 2 unspecified atom stereocenters. The monoisotopic (exact) mass is 315 g/mol. The maximum atomic E-state index is 12.3. The average Bonchev–Trinajstić information content (AvgIpc) is 3.19. The van der Waals surface area contributed by atoms with Crippen LogP contribution < -0.4 is 5.32 Å². The summed E-state index contributed by atoms with van der Waals surface area (Å²) in [4.78, 5) is 23.3. The zero-order valence-electron chi connectivity index (χ0n) is 13.8. The summed E-state index contributed by atoms with van der Waals surface area (Å²) in [7, 11) is 0. The second-order valence-corrected chi connectivity index (χ2v) is 7.32. The van der Waals surface area contributed by atoms with E-state index >= 15 is 0 Å². The van der Waals surface area contributed by atoms with Crippen LogP contribution in [0.3, 0.4) is 0 Å². The Balaban J connectivity index is 1.52. The Hall–Kier alpha value is -1.84. The third kappa shape index (κ3) is 3.57. The summed E-state index contributed by atoms with van der Waals surface area (Å²) in [6.45, 7) is 4.35. The van der Waals surface area contributed by atoms with Crippen LogP contribution >= 0.6 is 0 Å². The maximum Gasteiger partial charge on any atom is 0.306 e. The molecule has 0 bridgehead atoms. The number of nitrogens with one attached hydrogen (secondary N) is 1. The number of carboxylic acid groups (broad SMARTS) is 1. The highest BCUT2D eigenvalue weighted by molar-refractivity contribution is 5.83. The minimum atomic E-state index is -0.740. The third-order valence-electron chi connectivity index (χ3n) is 5.29. The zero-order valence-corrected chi connectivity index (χ0v) is 13.8. The summed E-state index contributed by atoms with van der Waals surface area (Å²) in [6, 6.07) is 8.63. The summed E-state index contributed by atoms with van der Waals surface area (Å²) < 4.78 is 0. The number of amides is 1. The molecule has 0 spiro atoms. The highest BCUT2D eigenvalue weighted by Crippen LogP contribution is 2.48. The van der Waals surface area contributed by atoms with E-state index in [0.717, 1.165) is 12.8 Å². The van der Waals surface area contributed by atoms with Gasteiger partial charge in [0.05, 0.1) is 5.92 Å². The van der Waals surface area contributed by atoms with Crippen molar-refractivity contribution in [2.75, 3.05) is 0 Å². The molecule has 3 rings (SSSR count). The number of carbonyl (C=O) groups excluding carboxylic acids is 1. The van der Waals surface area contributed by atoms with Crippen LogP contribution in [-0.2, 0) is 9.59 Å². The Labute approximate surface area is 137 Å². The van der Waals surface area contributed by atoms with E-state index in [1.54, 1.807) is 0 Å². The molecule has 4 nitrogen and oxygen atoms in total. The quantitative estimate of drug-likeness (QED) is 0.876. The van der Waals surface area contributed by atoms with Crippen molar-refractivity contribution >= 4 is 11.9 Å². The van der Waals surface area contributed by atoms with Gasteiger partial charge in [-0.2, -0.15) is 0 Å². The molecule has 1 aromatic carbocycles. The second-order valence-electron chi connectivity index (χ2n) is 7.32. The predicted octanol–water partition coefficient (Wildman–Crippen LogP) is 3.28. The molecule has 1 aromatic rings. The molecule has 2 fully saturated rings. The Kier molecular flexibility index (Phi) is 4.42. The average molecular weight is 315 g/mol. The fraction of sp³-hybridized carbons (Fsp3) is 0.579. The first-order chi connectivity index (χ1) is 11.0. The Bertz CT molecular complexity index is 593. The summed E-state index contributed by atoms with van der Waals surface area (Å²) in [5, 5.41) is 12.1. The van der Waals surface area contributed by atoms with Gasteiger partial charge in [0.15, 0.2) is 0 Å². The van der Waals surface area contributed by atoms with Crippen molar-refractivity contribution in [3.63, 3.8) is 0 Å². The Morgan fingerprint density at radius 3 is 2.39 bits per heavy atom. The molecular formula is C19H25NO3. The highest BCUT2D eigenvalue weighted by atomic mass is 16.4. The fourth-order valence-corrected chi connectivity index (χ4v) is 3.63. The van der Waals surface area contributed by atoms with Gasteiger partial charge in [0.2, 0.25) is 5.91 Å². The van der Waals surface area contributed by atoms with Gasteiger partial charge in [-0.15, -0.1) is 0 Å². The molecule has 0 aromatic heterocycles. The SMILES string of the molecule is CC(C)c1ccc(C2CC2C(=O)N[C@@H]2CC[C@H](C(=O)O)C2)cc1. The van der Waals surface area contributed by atoms with Crippen LogP contribution in [-0.4, -0.2) is 23.0 Å². The van der Waals surface area contributed by atoms with Crippen molar-refractivity contribution in [2.45, 2.75) is 57.4 Å². The number of aliphatic carboxylic acids is 1. The van der Waals surface area contributed by atoms with Gasteiger partial charge in [-0.05, 0) is 48.6 Å². The van der Waals surface area contributed by atoms with E-state index < -0.39 is 5.97 Å². The van der Waals surface area contributed by atoms with Crippen LogP contribution in [0.1, 0.15) is 62.5 Å². The molecule has 4 heteroatoms. The van der Waals surface area contributed by atoms with Crippen LogP contribution in [0.25, 0.3) is 0 Å². The van der Waals surface area contributed by atoms with Gasteiger partial charge in [0.1, 0.15) is 0 Å². The lowest BCUT2D eigenvalue weighted by molar-refractivity contribution is -0.141. The molecule has 2 aliphatic rings. The topological polar surface area (TPSA) is 66.4 Å². The van der Waals surface area contributed by atoms with E-state index in [0.29, 0.717) is 24.7 Å². The van der Waals surface area contributed by atoms with Gasteiger partial charge < -0.3 is 10.4 Å².